The Hall–Kier alpha value is -1.52. The summed E-state index contributed by atoms with van der Waals surface area (Å²) < 4.78 is 0. The SMILES string of the molecule is C[C@@H]1[C@H]2C[C@@H](C[C@H]1Nc1cc(-c3cccc(Cl)c3Cl)nc(N)n1)C2(C)C. The molecule has 1 aromatic heterocycles. The number of halogens is 2. The Kier molecular flexibility index (Phi) is 4.31. The van der Waals surface area contributed by atoms with Crippen molar-refractivity contribution in [2.75, 3.05) is 11.1 Å². The number of rotatable bonds is 3. The van der Waals surface area contributed by atoms with Crippen LogP contribution >= 0.6 is 23.2 Å². The number of aromatic nitrogens is 2. The summed E-state index contributed by atoms with van der Waals surface area (Å²) in [6.07, 6.45) is 2.52. The summed E-state index contributed by atoms with van der Waals surface area (Å²) in [5.74, 6) is 3.13. The average Bonchev–Trinajstić information content (AvgIpc) is 2.58. The Morgan fingerprint density at radius 1 is 1.19 bits per heavy atom. The second-order valence-corrected chi connectivity index (χ2v) is 9.09. The van der Waals surface area contributed by atoms with Gasteiger partial charge in [0, 0.05) is 17.7 Å². The molecule has 2 bridgehead atoms. The molecule has 0 radical (unpaired) electrons. The van der Waals surface area contributed by atoms with Gasteiger partial charge in [-0.25, -0.2) is 4.98 Å². The standard InChI is InChI=1S/C20H24Cl2N4/c1-10-13-7-11(20(13,2)3)8-15(10)24-17-9-16(25-19(23)26-17)12-5-4-6-14(21)18(12)22/h4-6,9-11,13,15H,7-8H2,1-3H3,(H3,23,24,25,26)/t10-,11+,13-,15-/m1/s1. The van der Waals surface area contributed by atoms with E-state index in [9.17, 15) is 0 Å². The van der Waals surface area contributed by atoms with E-state index in [1.807, 2.05) is 18.2 Å². The van der Waals surface area contributed by atoms with Crippen molar-refractivity contribution in [3.8, 4) is 11.3 Å². The lowest BCUT2D eigenvalue weighted by atomic mass is 9.45. The van der Waals surface area contributed by atoms with Crippen LogP contribution in [-0.2, 0) is 0 Å². The first-order valence-corrected chi connectivity index (χ1v) is 9.88. The number of hydrogen-bond acceptors (Lipinski definition) is 4. The third-order valence-corrected chi connectivity index (χ3v) is 7.48. The van der Waals surface area contributed by atoms with E-state index in [1.54, 1.807) is 6.07 Å². The van der Waals surface area contributed by atoms with Crippen molar-refractivity contribution in [3.05, 3.63) is 34.3 Å². The van der Waals surface area contributed by atoms with E-state index in [0.29, 0.717) is 33.1 Å². The first kappa shape index (κ1) is 17.9. The summed E-state index contributed by atoms with van der Waals surface area (Å²) in [7, 11) is 0. The van der Waals surface area contributed by atoms with Gasteiger partial charge in [0.1, 0.15) is 5.82 Å². The van der Waals surface area contributed by atoms with Crippen LogP contribution in [0, 0.1) is 23.2 Å². The van der Waals surface area contributed by atoms with Gasteiger partial charge in [-0.2, -0.15) is 4.98 Å². The minimum atomic E-state index is 0.231. The van der Waals surface area contributed by atoms with Crippen LogP contribution in [0.1, 0.15) is 33.6 Å². The zero-order valence-corrected chi connectivity index (χ0v) is 16.8. The van der Waals surface area contributed by atoms with E-state index < -0.39 is 0 Å². The van der Waals surface area contributed by atoms with E-state index >= 15 is 0 Å². The van der Waals surface area contributed by atoms with Gasteiger partial charge >= 0.3 is 0 Å². The quantitative estimate of drug-likeness (QED) is 0.724. The molecule has 4 nitrogen and oxygen atoms in total. The Bertz CT molecular complexity index is 852. The molecule has 6 heteroatoms. The number of benzene rings is 1. The first-order valence-electron chi connectivity index (χ1n) is 9.13. The molecule has 4 atom stereocenters. The molecule has 3 aliphatic rings. The largest absolute Gasteiger partial charge is 0.368 e. The molecule has 3 saturated carbocycles. The highest BCUT2D eigenvalue weighted by Crippen LogP contribution is 2.61. The van der Waals surface area contributed by atoms with Gasteiger partial charge in [-0.15, -0.1) is 0 Å². The maximum absolute atomic E-state index is 6.35. The molecule has 3 N–H and O–H groups in total. The van der Waals surface area contributed by atoms with Crippen molar-refractivity contribution in [1.29, 1.82) is 0 Å². The normalized spacial score (nSPS) is 29.1. The summed E-state index contributed by atoms with van der Waals surface area (Å²) in [6.45, 7) is 7.15. The fourth-order valence-corrected chi connectivity index (χ4v) is 5.31. The third kappa shape index (κ3) is 2.84. The van der Waals surface area contributed by atoms with Crippen LogP contribution in [-0.4, -0.2) is 16.0 Å². The Balaban J connectivity index is 1.61. The predicted molar refractivity (Wildman–Crippen MR) is 108 cm³/mol. The van der Waals surface area contributed by atoms with Crippen molar-refractivity contribution < 1.29 is 0 Å². The van der Waals surface area contributed by atoms with Crippen molar-refractivity contribution in [2.24, 2.45) is 23.2 Å². The summed E-state index contributed by atoms with van der Waals surface area (Å²) in [6, 6.07) is 7.82. The van der Waals surface area contributed by atoms with Gasteiger partial charge < -0.3 is 11.1 Å². The summed E-state index contributed by atoms with van der Waals surface area (Å²) in [5.41, 5.74) is 7.87. The molecule has 3 aliphatic carbocycles. The van der Waals surface area contributed by atoms with E-state index in [-0.39, 0.29) is 5.95 Å². The van der Waals surface area contributed by atoms with Gasteiger partial charge in [0.15, 0.2) is 0 Å². The fourth-order valence-electron chi connectivity index (χ4n) is 4.91. The third-order valence-electron chi connectivity index (χ3n) is 6.66. The number of nitrogen functional groups attached to an aromatic ring is 1. The van der Waals surface area contributed by atoms with Gasteiger partial charge in [0.05, 0.1) is 15.7 Å². The lowest BCUT2D eigenvalue weighted by Crippen LogP contribution is -2.58. The zero-order chi connectivity index (χ0) is 18.6. The van der Waals surface area contributed by atoms with Crippen molar-refractivity contribution in [1.82, 2.24) is 9.97 Å². The van der Waals surface area contributed by atoms with Crippen LogP contribution in [0.2, 0.25) is 10.0 Å². The van der Waals surface area contributed by atoms with Gasteiger partial charge in [0.25, 0.3) is 0 Å². The van der Waals surface area contributed by atoms with Crippen LogP contribution in [0.3, 0.4) is 0 Å². The highest BCUT2D eigenvalue weighted by molar-refractivity contribution is 6.43. The molecular weight excluding hydrogens is 367 g/mol. The summed E-state index contributed by atoms with van der Waals surface area (Å²) in [4.78, 5) is 8.74. The Morgan fingerprint density at radius 3 is 2.65 bits per heavy atom. The molecule has 1 heterocycles. The topological polar surface area (TPSA) is 63.8 Å². The number of fused-ring (bicyclic) bond motifs is 2. The number of anilines is 2. The number of nitrogens with zero attached hydrogens (tertiary/aromatic N) is 2. The molecule has 0 unspecified atom stereocenters. The molecule has 3 fully saturated rings. The summed E-state index contributed by atoms with van der Waals surface area (Å²) >= 11 is 12.5. The van der Waals surface area contributed by atoms with E-state index in [0.717, 1.165) is 23.2 Å². The monoisotopic (exact) mass is 390 g/mol. The molecule has 0 saturated heterocycles. The molecule has 0 amide bonds. The maximum Gasteiger partial charge on any atom is 0.222 e. The second kappa shape index (κ2) is 6.28. The van der Waals surface area contributed by atoms with Crippen molar-refractivity contribution >= 4 is 35.0 Å². The van der Waals surface area contributed by atoms with Crippen molar-refractivity contribution in [2.45, 2.75) is 39.7 Å². The van der Waals surface area contributed by atoms with Crippen LogP contribution in [0.4, 0.5) is 11.8 Å². The van der Waals surface area contributed by atoms with Crippen LogP contribution < -0.4 is 11.1 Å². The minimum absolute atomic E-state index is 0.231. The van der Waals surface area contributed by atoms with Crippen LogP contribution in [0.5, 0.6) is 0 Å². The number of hydrogen-bond donors (Lipinski definition) is 2. The van der Waals surface area contributed by atoms with Crippen LogP contribution in [0.25, 0.3) is 11.3 Å². The molecule has 0 spiro atoms. The Morgan fingerprint density at radius 2 is 1.96 bits per heavy atom. The predicted octanol–water partition coefficient (Wildman–Crippen LogP) is 5.52. The number of nitrogens with one attached hydrogen (secondary N) is 1. The van der Waals surface area contributed by atoms with Crippen LogP contribution in [0.15, 0.2) is 24.3 Å². The molecule has 138 valence electrons. The smallest absolute Gasteiger partial charge is 0.222 e. The molecule has 1 aromatic carbocycles. The lowest BCUT2D eigenvalue weighted by Gasteiger charge is -2.62. The van der Waals surface area contributed by atoms with E-state index in [2.05, 4.69) is 36.1 Å². The summed E-state index contributed by atoms with van der Waals surface area (Å²) in [5, 5.41) is 4.59. The lowest BCUT2D eigenvalue weighted by molar-refractivity contribution is -0.105. The molecular formula is C20H24Cl2N4. The maximum atomic E-state index is 6.35. The highest BCUT2D eigenvalue weighted by Gasteiger charge is 2.56. The van der Waals surface area contributed by atoms with E-state index in [1.165, 1.54) is 12.8 Å². The van der Waals surface area contributed by atoms with Gasteiger partial charge in [-0.3, -0.25) is 0 Å². The van der Waals surface area contributed by atoms with Gasteiger partial charge in [-0.05, 0) is 42.1 Å². The van der Waals surface area contributed by atoms with Gasteiger partial charge in [0.2, 0.25) is 5.95 Å². The minimum Gasteiger partial charge on any atom is -0.368 e. The number of nitrogens with two attached hydrogens (primary N) is 1. The van der Waals surface area contributed by atoms with Gasteiger partial charge in [-0.1, -0.05) is 56.1 Å². The Labute approximate surface area is 164 Å². The molecule has 0 aliphatic heterocycles. The average molecular weight is 391 g/mol. The molecule has 2 aromatic rings. The molecule has 5 rings (SSSR count). The second-order valence-electron chi connectivity index (χ2n) is 8.30. The molecule has 26 heavy (non-hydrogen) atoms. The first-order chi connectivity index (χ1) is 12.3. The van der Waals surface area contributed by atoms with Crippen molar-refractivity contribution in [3.63, 3.8) is 0 Å². The zero-order valence-electron chi connectivity index (χ0n) is 15.3. The fraction of sp³-hybridized carbons (Fsp3) is 0.500. The van der Waals surface area contributed by atoms with E-state index in [4.69, 9.17) is 28.9 Å². The highest BCUT2D eigenvalue weighted by atomic mass is 35.5.